The first-order chi connectivity index (χ1) is 14.4. The van der Waals surface area contributed by atoms with Crippen molar-refractivity contribution in [2.24, 2.45) is 5.92 Å². The average Bonchev–Trinajstić information content (AvgIpc) is 3.01. The normalized spacial score (nSPS) is 28.3. The van der Waals surface area contributed by atoms with Gasteiger partial charge in [0.25, 0.3) is 5.91 Å². The van der Waals surface area contributed by atoms with Crippen molar-refractivity contribution in [2.75, 3.05) is 4.90 Å². The van der Waals surface area contributed by atoms with Crippen LogP contribution in [0.4, 0.5) is 10.2 Å². The molecule has 1 aromatic carbocycles. The van der Waals surface area contributed by atoms with Crippen molar-refractivity contribution in [3.8, 4) is 0 Å². The van der Waals surface area contributed by atoms with Crippen molar-refractivity contribution in [1.29, 1.82) is 0 Å². The van der Waals surface area contributed by atoms with Gasteiger partial charge in [0.2, 0.25) is 0 Å². The largest absolute Gasteiger partial charge is 0.483 e. The van der Waals surface area contributed by atoms with Crippen molar-refractivity contribution < 1.29 is 18.7 Å². The third-order valence-electron chi connectivity index (χ3n) is 6.10. The molecule has 1 fully saturated rings. The highest BCUT2D eigenvalue weighted by molar-refractivity contribution is 9.10. The molecule has 154 valence electrons. The number of ether oxygens (including phenoxy) is 1. The van der Waals surface area contributed by atoms with E-state index in [1.54, 1.807) is 6.20 Å². The topological polar surface area (TPSA) is 59.5 Å². The number of benzene rings is 1. The third kappa shape index (κ3) is 3.07. The van der Waals surface area contributed by atoms with E-state index in [9.17, 15) is 14.0 Å². The second-order valence-corrected chi connectivity index (χ2v) is 9.02. The number of halogens is 2. The van der Waals surface area contributed by atoms with Crippen LogP contribution in [0.15, 0.2) is 58.4 Å². The van der Waals surface area contributed by atoms with Crippen LogP contribution >= 0.6 is 15.9 Å². The summed E-state index contributed by atoms with van der Waals surface area (Å²) >= 11 is 3.48. The summed E-state index contributed by atoms with van der Waals surface area (Å²) in [6.07, 6.45) is 1.11. The van der Waals surface area contributed by atoms with Gasteiger partial charge in [0.15, 0.2) is 11.5 Å². The third-order valence-corrected chi connectivity index (χ3v) is 6.59. The second-order valence-electron chi connectivity index (χ2n) is 8.10. The molecule has 3 aliphatic rings. The maximum Gasteiger partial charge on any atom is 0.295 e. The number of carbonyl (C=O) groups is 2. The van der Waals surface area contributed by atoms with Crippen molar-refractivity contribution in [3.05, 3.63) is 69.5 Å². The van der Waals surface area contributed by atoms with E-state index in [4.69, 9.17) is 4.74 Å². The van der Waals surface area contributed by atoms with Gasteiger partial charge in [-0.05, 0) is 61.6 Å². The summed E-state index contributed by atoms with van der Waals surface area (Å²) in [5.41, 5.74) is 2.04. The molecule has 5 nitrogen and oxygen atoms in total. The number of aryl methyl sites for hydroxylation is 1. The number of alkyl halides is 1. The number of ketones is 1. The van der Waals surface area contributed by atoms with Gasteiger partial charge in [-0.2, -0.15) is 0 Å². The Bertz CT molecular complexity index is 1090. The maximum atomic E-state index is 14.1. The molecule has 2 aromatic rings. The highest BCUT2D eigenvalue weighted by atomic mass is 79.9. The maximum absolute atomic E-state index is 14.1. The zero-order valence-corrected chi connectivity index (χ0v) is 17.9. The number of aromatic nitrogens is 1. The molecule has 1 saturated carbocycles. The zero-order chi connectivity index (χ0) is 21.0. The Balaban J connectivity index is 1.66. The first kappa shape index (κ1) is 19.4. The van der Waals surface area contributed by atoms with Crippen LogP contribution in [0.25, 0.3) is 0 Å². The molecule has 0 spiro atoms. The van der Waals surface area contributed by atoms with E-state index in [0.717, 1.165) is 15.6 Å². The number of nitrogens with zero attached hydrogens (tertiary/aromatic N) is 2. The highest BCUT2D eigenvalue weighted by Crippen LogP contribution is 2.48. The summed E-state index contributed by atoms with van der Waals surface area (Å²) in [4.78, 5) is 32.9. The van der Waals surface area contributed by atoms with E-state index in [-0.39, 0.29) is 23.9 Å². The number of rotatable bonds is 2. The monoisotopic (exact) mass is 470 g/mol. The molecule has 7 heteroatoms. The van der Waals surface area contributed by atoms with Crippen LogP contribution in [-0.2, 0) is 14.3 Å². The first-order valence-electron chi connectivity index (χ1n) is 10.0. The van der Waals surface area contributed by atoms with E-state index in [2.05, 4.69) is 20.9 Å². The fourth-order valence-electron chi connectivity index (χ4n) is 4.70. The number of anilines is 1. The fraction of sp³-hybridized carbons (Fsp3) is 0.348. The Hall–Kier alpha value is -2.54. The van der Waals surface area contributed by atoms with Crippen LogP contribution in [0.5, 0.6) is 0 Å². The predicted octanol–water partition coefficient (Wildman–Crippen LogP) is 4.60. The summed E-state index contributed by atoms with van der Waals surface area (Å²) < 4.78 is 21.0. The molecule has 0 radical (unpaired) electrons. The minimum Gasteiger partial charge on any atom is -0.483 e. The summed E-state index contributed by atoms with van der Waals surface area (Å²) in [5.74, 6) is -0.561. The van der Waals surface area contributed by atoms with Gasteiger partial charge < -0.3 is 4.74 Å². The van der Waals surface area contributed by atoms with Crippen LogP contribution in [0, 0.1) is 12.8 Å². The van der Waals surface area contributed by atoms with Gasteiger partial charge in [0, 0.05) is 10.7 Å². The van der Waals surface area contributed by atoms with Crippen molar-refractivity contribution >= 4 is 33.4 Å². The summed E-state index contributed by atoms with van der Waals surface area (Å²) in [6, 6.07) is 10.5. The lowest BCUT2D eigenvalue weighted by Gasteiger charge is -2.36. The number of pyridine rings is 1. The van der Waals surface area contributed by atoms with Gasteiger partial charge in [0.05, 0.1) is 17.5 Å². The molecule has 5 rings (SSSR count). The number of Topliss-reactive ketones (excluding diaryl/α,β-unsaturated/α-hetero) is 1. The summed E-state index contributed by atoms with van der Waals surface area (Å²) in [7, 11) is 0. The van der Waals surface area contributed by atoms with E-state index in [0.29, 0.717) is 24.2 Å². The van der Waals surface area contributed by atoms with Crippen LogP contribution in [0.1, 0.15) is 36.4 Å². The minimum absolute atomic E-state index is 0.0897. The van der Waals surface area contributed by atoms with Crippen molar-refractivity contribution in [1.82, 2.24) is 4.98 Å². The Morgan fingerprint density at radius 3 is 2.80 bits per heavy atom. The van der Waals surface area contributed by atoms with Crippen LogP contribution in [0.2, 0.25) is 0 Å². The lowest BCUT2D eigenvalue weighted by Crippen LogP contribution is -2.42. The molecular formula is C23H20BrFN2O3. The molecule has 4 atom stereocenters. The van der Waals surface area contributed by atoms with Gasteiger partial charge in [-0.3, -0.25) is 14.5 Å². The molecule has 0 saturated heterocycles. The Labute approximate surface area is 182 Å². The Kier molecular flexibility index (Phi) is 4.73. The van der Waals surface area contributed by atoms with E-state index in [1.807, 2.05) is 43.3 Å². The highest BCUT2D eigenvalue weighted by Gasteiger charge is 2.53. The lowest BCUT2D eigenvalue weighted by molar-refractivity contribution is -0.133. The van der Waals surface area contributed by atoms with Gasteiger partial charge in [-0.15, -0.1) is 0 Å². The zero-order valence-electron chi connectivity index (χ0n) is 16.3. The number of fused-ring (bicyclic) bond motifs is 1. The van der Waals surface area contributed by atoms with Gasteiger partial charge in [-0.1, -0.05) is 28.1 Å². The van der Waals surface area contributed by atoms with Gasteiger partial charge in [-0.25, -0.2) is 9.37 Å². The minimum atomic E-state index is -1.02. The molecule has 3 heterocycles. The molecule has 30 heavy (non-hydrogen) atoms. The van der Waals surface area contributed by atoms with Crippen LogP contribution < -0.4 is 4.90 Å². The number of hydrogen-bond acceptors (Lipinski definition) is 4. The number of hydrogen-bond donors (Lipinski definition) is 0. The second kappa shape index (κ2) is 7.30. The molecule has 0 N–H and O–H groups in total. The number of carbonyl (C=O) groups excluding carboxylic acids is 2. The quantitative estimate of drug-likeness (QED) is 0.643. The van der Waals surface area contributed by atoms with Crippen LogP contribution in [-0.4, -0.2) is 29.0 Å². The van der Waals surface area contributed by atoms with E-state index < -0.39 is 24.2 Å². The molecule has 1 amide bonds. The van der Waals surface area contributed by atoms with Crippen molar-refractivity contribution in [3.63, 3.8) is 0 Å². The smallest absolute Gasteiger partial charge is 0.295 e. The number of amides is 1. The summed E-state index contributed by atoms with van der Waals surface area (Å²) in [5, 5.41) is 0. The molecule has 1 aliphatic carbocycles. The summed E-state index contributed by atoms with van der Waals surface area (Å²) in [6.45, 7) is 1.92. The standard InChI is InChI=1S/C23H20BrFN2O3/c1-12-7-8-26-18(9-12)27-20(13-3-2-4-14(24)10-13)19-21(28)16-11-15(25)5-6-17(16)30-22(19)23(27)29/h2-4,7-10,15-17,20H,5-6,11H2,1H3. The van der Waals surface area contributed by atoms with E-state index >= 15 is 0 Å². The lowest BCUT2D eigenvalue weighted by atomic mass is 9.77. The predicted molar refractivity (Wildman–Crippen MR) is 112 cm³/mol. The Morgan fingerprint density at radius 2 is 2.03 bits per heavy atom. The SMILES string of the molecule is Cc1ccnc(N2C(=O)C3=C(C(=O)C4CC(F)CCC4O3)C2c2cccc(Br)c2)c1. The van der Waals surface area contributed by atoms with Crippen LogP contribution in [0.3, 0.4) is 0 Å². The van der Waals surface area contributed by atoms with Crippen molar-refractivity contribution in [2.45, 2.75) is 44.5 Å². The van der Waals surface area contributed by atoms with E-state index in [1.165, 1.54) is 4.90 Å². The first-order valence-corrected chi connectivity index (χ1v) is 10.8. The Morgan fingerprint density at radius 1 is 1.20 bits per heavy atom. The fourth-order valence-corrected chi connectivity index (χ4v) is 5.11. The molecule has 4 unspecified atom stereocenters. The molecule has 2 aliphatic heterocycles. The molecular weight excluding hydrogens is 451 g/mol. The molecule has 1 aromatic heterocycles. The average molecular weight is 471 g/mol. The molecule has 0 bridgehead atoms. The van der Waals surface area contributed by atoms with Gasteiger partial charge in [0.1, 0.15) is 18.1 Å². The van der Waals surface area contributed by atoms with Gasteiger partial charge >= 0.3 is 0 Å².